The fraction of sp³-hybridized carbons (Fsp3) is 0. The molecule has 2 heteroatoms. The van der Waals surface area contributed by atoms with Gasteiger partial charge >= 0.3 is 0 Å². The Bertz CT molecular complexity index is 3050. The first-order valence-electron chi connectivity index (χ1n) is 17.8. The van der Waals surface area contributed by atoms with Crippen LogP contribution in [0.5, 0.6) is 0 Å². The molecule has 0 N–H and O–H groups in total. The molecule has 0 fully saturated rings. The highest BCUT2D eigenvalue weighted by Gasteiger charge is 2.18. The third kappa shape index (κ3) is 4.31. The lowest BCUT2D eigenvalue weighted by Gasteiger charge is -2.18. The van der Waals surface area contributed by atoms with Crippen molar-refractivity contribution in [3.05, 3.63) is 188 Å². The van der Waals surface area contributed by atoms with Gasteiger partial charge in [-0.15, -0.1) is 0 Å². The predicted octanol–water partition coefficient (Wildman–Crippen LogP) is 14.0. The number of rotatable bonds is 4. The first-order valence-corrected chi connectivity index (χ1v) is 17.8. The van der Waals surface area contributed by atoms with Crippen molar-refractivity contribution in [2.24, 2.45) is 0 Å². The van der Waals surface area contributed by atoms with E-state index in [1.165, 1.54) is 76.7 Å². The summed E-state index contributed by atoms with van der Waals surface area (Å²) in [6.07, 6.45) is 0. The van der Waals surface area contributed by atoms with Crippen molar-refractivity contribution >= 4 is 65.3 Å². The molecule has 0 radical (unpaired) electrons. The summed E-state index contributed by atoms with van der Waals surface area (Å²) in [5, 5.41) is 9.85. The van der Waals surface area contributed by atoms with Crippen LogP contribution in [0.1, 0.15) is 0 Å². The molecule has 0 atom stereocenters. The highest BCUT2D eigenvalue weighted by molar-refractivity contribution is 6.21. The molecule has 9 aromatic carbocycles. The van der Waals surface area contributed by atoms with E-state index in [4.69, 9.17) is 4.42 Å². The fourth-order valence-electron chi connectivity index (χ4n) is 8.46. The summed E-state index contributed by atoms with van der Waals surface area (Å²) in [7, 11) is 0. The molecule has 0 aliphatic carbocycles. The Morgan fingerprint density at radius 1 is 0.288 bits per heavy atom. The summed E-state index contributed by atoms with van der Waals surface area (Å²) in [4.78, 5) is 0. The van der Waals surface area contributed by atoms with E-state index in [1.54, 1.807) is 0 Å². The van der Waals surface area contributed by atoms with E-state index in [-0.39, 0.29) is 0 Å². The molecule has 2 aromatic heterocycles. The van der Waals surface area contributed by atoms with Gasteiger partial charge in [0, 0.05) is 27.2 Å². The van der Waals surface area contributed by atoms with Crippen molar-refractivity contribution in [2.75, 3.05) is 0 Å². The van der Waals surface area contributed by atoms with Gasteiger partial charge in [0.15, 0.2) is 0 Å². The van der Waals surface area contributed by atoms with Crippen LogP contribution in [-0.4, -0.2) is 4.57 Å². The van der Waals surface area contributed by atoms with Gasteiger partial charge in [-0.05, 0) is 97.4 Å². The monoisotopic (exact) mass is 661 g/mol. The Morgan fingerprint density at radius 3 is 1.25 bits per heavy atom. The maximum atomic E-state index is 6.10. The average molecular weight is 662 g/mol. The van der Waals surface area contributed by atoms with Gasteiger partial charge < -0.3 is 8.98 Å². The number of hydrogen-bond donors (Lipinski definition) is 0. The van der Waals surface area contributed by atoms with Gasteiger partial charge in [0.25, 0.3) is 0 Å². The number of nitrogens with zero attached hydrogens (tertiary/aromatic N) is 1. The summed E-state index contributed by atoms with van der Waals surface area (Å²) in [5.74, 6) is 0. The maximum absolute atomic E-state index is 6.10. The summed E-state index contributed by atoms with van der Waals surface area (Å²) in [6, 6.07) is 68.1. The van der Waals surface area contributed by atoms with Crippen LogP contribution in [0.4, 0.5) is 0 Å². The molecule has 0 saturated heterocycles. The molecule has 0 amide bonds. The second kappa shape index (κ2) is 11.3. The first-order chi connectivity index (χ1) is 25.8. The molecule has 2 heterocycles. The maximum Gasteiger partial charge on any atom is 0.135 e. The minimum atomic E-state index is 0.918. The van der Waals surface area contributed by atoms with Crippen LogP contribution in [-0.2, 0) is 0 Å². The van der Waals surface area contributed by atoms with E-state index in [1.807, 2.05) is 12.1 Å². The smallest absolute Gasteiger partial charge is 0.135 e. The second-order valence-electron chi connectivity index (χ2n) is 13.6. The Hall–Kier alpha value is -6.90. The molecule has 2 nitrogen and oxygen atoms in total. The lowest BCUT2D eigenvalue weighted by molar-refractivity contribution is 0.669. The second-order valence-corrected chi connectivity index (χ2v) is 13.6. The number of fused-ring (bicyclic) bond motifs is 8. The molecule has 0 spiro atoms. The van der Waals surface area contributed by atoms with Gasteiger partial charge in [-0.3, -0.25) is 0 Å². The normalized spacial score (nSPS) is 11.8. The molecule has 0 bridgehead atoms. The van der Waals surface area contributed by atoms with Gasteiger partial charge in [-0.2, -0.15) is 0 Å². The fourth-order valence-corrected chi connectivity index (χ4v) is 8.46. The van der Waals surface area contributed by atoms with Gasteiger partial charge in [-0.25, -0.2) is 0 Å². The predicted molar refractivity (Wildman–Crippen MR) is 219 cm³/mol. The number of furan rings is 1. The molecule has 11 rings (SSSR count). The third-order valence-corrected chi connectivity index (χ3v) is 10.8. The highest BCUT2D eigenvalue weighted by atomic mass is 16.3. The van der Waals surface area contributed by atoms with Crippen LogP contribution in [0.15, 0.2) is 192 Å². The summed E-state index contributed by atoms with van der Waals surface area (Å²) in [5.41, 5.74) is 12.8. The van der Waals surface area contributed by atoms with E-state index >= 15 is 0 Å². The number of para-hydroxylation sites is 3. The third-order valence-electron chi connectivity index (χ3n) is 10.8. The van der Waals surface area contributed by atoms with Crippen LogP contribution in [0.25, 0.3) is 104 Å². The van der Waals surface area contributed by atoms with Gasteiger partial charge in [0.1, 0.15) is 11.2 Å². The number of hydrogen-bond acceptors (Lipinski definition) is 1. The SMILES string of the molecule is c1ccc2c(c1)oc1ccc(-c3ccc(-c4c5ccccc5c(-c5ccc(-n6c7ccccc7c7ccccc76)cc5)c5ccccc45)cc3)cc12. The van der Waals surface area contributed by atoms with Crippen molar-refractivity contribution in [1.29, 1.82) is 0 Å². The highest BCUT2D eigenvalue weighted by Crippen LogP contribution is 2.44. The topological polar surface area (TPSA) is 18.1 Å². The zero-order valence-electron chi connectivity index (χ0n) is 28.3. The molecule has 52 heavy (non-hydrogen) atoms. The molecular weight excluding hydrogens is 631 g/mol. The van der Waals surface area contributed by atoms with Crippen LogP contribution in [0.3, 0.4) is 0 Å². The Morgan fingerprint density at radius 2 is 0.692 bits per heavy atom. The van der Waals surface area contributed by atoms with Crippen LogP contribution < -0.4 is 0 Å². The Labute approximate surface area is 300 Å². The van der Waals surface area contributed by atoms with Crippen molar-refractivity contribution in [1.82, 2.24) is 4.57 Å². The zero-order valence-corrected chi connectivity index (χ0v) is 28.3. The first kappa shape index (κ1) is 28.9. The largest absolute Gasteiger partial charge is 0.456 e. The molecule has 0 unspecified atom stereocenters. The molecular formula is C50H31NO. The minimum Gasteiger partial charge on any atom is -0.456 e. The molecule has 242 valence electrons. The molecule has 0 aliphatic rings. The van der Waals surface area contributed by atoms with Gasteiger partial charge in [0.05, 0.1) is 11.0 Å². The molecule has 11 aromatic rings. The van der Waals surface area contributed by atoms with E-state index in [9.17, 15) is 0 Å². The van der Waals surface area contributed by atoms with Gasteiger partial charge in [-0.1, -0.05) is 146 Å². The number of benzene rings is 9. The van der Waals surface area contributed by atoms with Crippen molar-refractivity contribution in [3.8, 4) is 39.1 Å². The summed E-state index contributed by atoms with van der Waals surface area (Å²) < 4.78 is 8.48. The van der Waals surface area contributed by atoms with Crippen molar-refractivity contribution < 1.29 is 4.42 Å². The zero-order chi connectivity index (χ0) is 34.2. The van der Waals surface area contributed by atoms with Crippen LogP contribution in [0, 0.1) is 0 Å². The molecule has 0 aliphatic heterocycles. The van der Waals surface area contributed by atoms with E-state index in [0.29, 0.717) is 0 Å². The van der Waals surface area contributed by atoms with Crippen molar-refractivity contribution in [2.45, 2.75) is 0 Å². The van der Waals surface area contributed by atoms with Gasteiger partial charge in [0.2, 0.25) is 0 Å². The number of aromatic nitrogens is 1. The lowest BCUT2D eigenvalue weighted by Crippen LogP contribution is -1.94. The summed E-state index contributed by atoms with van der Waals surface area (Å²) >= 11 is 0. The van der Waals surface area contributed by atoms with E-state index < -0.39 is 0 Å². The van der Waals surface area contributed by atoms with Crippen LogP contribution in [0.2, 0.25) is 0 Å². The van der Waals surface area contributed by atoms with Crippen molar-refractivity contribution in [3.63, 3.8) is 0 Å². The standard InChI is InChI=1S/C50H31NO/c1-3-16-42-40(14-1)49(33-23-21-32(22-24-33)35-27-30-48-44(31-35)39-13-7-10-20-47(39)52-48)41-15-2-4-17-43(41)50(42)34-25-28-36(29-26-34)51-45-18-8-5-11-37(45)38-12-6-9-19-46(38)51/h1-31H. The molecule has 0 saturated carbocycles. The Balaban J connectivity index is 1.04. The van der Waals surface area contributed by atoms with Crippen LogP contribution >= 0.6 is 0 Å². The minimum absolute atomic E-state index is 0.918. The van der Waals surface area contributed by atoms with E-state index in [0.717, 1.165) is 27.6 Å². The lowest BCUT2D eigenvalue weighted by atomic mass is 9.85. The summed E-state index contributed by atoms with van der Waals surface area (Å²) in [6.45, 7) is 0. The quantitative estimate of drug-likeness (QED) is 0.172. The average Bonchev–Trinajstić information content (AvgIpc) is 3.76. The Kier molecular flexibility index (Phi) is 6.28. The van der Waals surface area contributed by atoms with E-state index in [2.05, 4.69) is 180 Å².